The summed E-state index contributed by atoms with van der Waals surface area (Å²) in [6, 6.07) is 2.17. The summed E-state index contributed by atoms with van der Waals surface area (Å²) in [5.74, 6) is 0. The van der Waals surface area contributed by atoms with E-state index < -0.39 is 8.56 Å². The van der Waals surface area contributed by atoms with Crippen molar-refractivity contribution < 1.29 is 8.85 Å². The number of hydrogen-bond donors (Lipinski definition) is 2. The summed E-state index contributed by atoms with van der Waals surface area (Å²) in [6.07, 6.45) is 1.88. The Balaban J connectivity index is 4.14. The molecule has 0 spiro atoms. The van der Waals surface area contributed by atoms with Crippen molar-refractivity contribution in [1.29, 1.82) is 0 Å². The molecule has 98 valence electrons. The second-order valence-corrected chi connectivity index (χ2v) is 7.81. The summed E-state index contributed by atoms with van der Waals surface area (Å²) in [7, 11) is -1.99. The lowest BCUT2D eigenvalue weighted by Crippen LogP contribution is -2.42. The average Bonchev–Trinajstić information content (AvgIpc) is 2.25. The van der Waals surface area contributed by atoms with E-state index >= 15 is 0 Å². The number of hydrogen-bond acceptors (Lipinski definition) is 4. The first-order valence-corrected chi connectivity index (χ1v) is 8.56. The fourth-order valence-corrected chi connectivity index (χ4v) is 4.52. The van der Waals surface area contributed by atoms with Crippen molar-refractivity contribution in [3.8, 4) is 0 Å². The predicted octanol–water partition coefficient (Wildman–Crippen LogP) is 1.59. The standard InChI is InChI=1S/C11H28N2O2Si/c1-4-14-16(5-2,10-6-8-12)15-9-7-11(3)13/h11H,4-10,12-13H2,1-3H3. The van der Waals surface area contributed by atoms with Gasteiger partial charge in [-0.15, -0.1) is 0 Å². The molecule has 0 heterocycles. The third-order valence-electron chi connectivity index (χ3n) is 2.65. The van der Waals surface area contributed by atoms with Gasteiger partial charge >= 0.3 is 8.56 Å². The van der Waals surface area contributed by atoms with Crippen LogP contribution in [0, 0.1) is 0 Å². The fourth-order valence-electron chi connectivity index (χ4n) is 1.63. The smallest absolute Gasteiger partial charge is 0.337 e. The van der Waals surface area contributed by atoms with Crippen LogP contribution < -0.4 is 11.5 Å². The van der Waals surface area contributed by atoms with Crippen LogP contribution >= 0.6 is 0 Å². The van der Waals surface area contributed by atoms with Gasteiger partial charge in [0.2, 0.25) is 0 Å². The lowest BCUT2D eigenvalue weighted by Gasteiger charge is -2.29. The number of rotatable bonds is 10. The topological polar surface area (TPSA) is 70.5 Å². The van der Waals surface area contributed by atoms with Gasteiger partial charge in [-0.25, -0.2) is 0 Å². The van der Waals surface area contributed by atoms with Gasteiger partial charge in [-0.1, -0.05) is 6.92 Å². The molecule has 4 N–H and O–H groups in total. The molecule has 0 saturated heterocycles. The van der Waals surface area contributed by atoms with Crippen molar-refractivity contribution in [1.82, 2.24) is 0 Å². The molecule has 0 amide bonds. The highest BCUT2D eigenvalue weighted by atomic mass is 28.4. The Labute approximate surface area is 101 Å². The monoisotopic (exact) mass is 248 g/mol. The summed E-state index contributed by atoms with van der Waals surface area (Å²) < 4.78 is 11.9. The molecule has 0 rings (SSSR count). The van der Waals surface area contributed by atoms with Gasteiger partial charge in [0.1, 0.15) is 0 Å². The number of nitrogens with two attached hydrogens (primary N) is 2. The molecule has 0 aromatic heterocycles. The maximum atomic E-state index is 6.01. The van der Waals surface area contributed by atoms with Gasteiger partial charge in [0.15, 0.2) is 0 Å². The minimum Gasteiger partial charge on any atom is -0.394 e. The molecule has 0 fully saturated rings. The van der Waals surface area contributed by atoms with Crippen molar-refractivity contribution >= 4 is 8.56 Å². The third kappa shape index (κ3) is 6.60. The third-order valence-corrected chi connectivity index (χ3v) is 6.38. The van der Waals surface area contributed by atoms with Crippen molar-refractivity contribution in [2.24, 2.45) is 11.5 Å². The first kappa shape index (κ1) is 16.1. The van der Waals surface area contributed by atoms with Crippen LogP contribution in [-0.4, -0.2) is 34.4 Å². The summed E-state index contributed by atoms with van der Waals surface area (Å²) in [5.41, 5.74) is 11.3. The van der Waals surface area contributed by atoms with E-state index in [0.29, 0.717) is 13.2 Å². The Bertz CT molecular complexity index is 170. The minimum atomic E-state index is -1.99. The van der Waals surface area contributed by atoms with Crippen molar-refractivity contribution in [2.75, 3.05) is 19.8 Å². The fraction of sp³-hybridized carbons (Fsp3) is 1.00. The van der Waals surface area contributed by atoms with E-state index in [1.807, 2.05) is 13.8 Å². The van der Waals surface area contributed by atoms with E-state index in [1.165, 1.54) is 0 Å². The van der Waals surface area contributed by atoms with E-state index in [0.717, 1.165) is 31.5 Å². The largest absolute Gasteiger partial charge is 0.394 e. The molecule has 4 nitrogen and oxygen atoms in total. The Hall–Kier alpha value is 0.0569. The maximum Gasteiger partial charge on any atom is 0.337 e. The van der Waals surface area contributed by atoms with Gasteiger partial charge in [0, 0.05) is 19.3 Å². The quantitative estimate of drug-likeness (QED) is 0.576. The van der Waals surface area contributed by atoms with Gasteiger partial charge in [-0.05, 0) is 45.3 Å². The second kappa shape index (κ2) is 9.12. The molecule has 0 radical (unpaired) electrons. The molecule has 0 aliphatic rings. The predicted molar refractivity (Wildman–Crippen MR) is 70.6 cm³/mol. The Morgan fingerprint density at radius 2 is 1.94 bits per heavy atom. The molecule has 5 heteroatoms. The molecule has 16 heavy (non-hydrogen) atoms. The zero-order valence-corrected chi connectivity index (χ0v) is 12.0. The first-order chi connectivity index (χ1) is 7.60. The average molecular weight is 248 g/mol. The molecular formula is C11H28N2O2Si. The van der Waals surface area contributed by atoms with E-state index in [1.54, 1.807) is 0 Å². The lowest BCUT2D eigenvalue weighted by molar-refractivity contribution is 0.170. The Morgan fingerprint density at radius 1 is 1.25 bits per heavy atom. The highest BCUT2D eigenvalue weighted by Gasteiger charge is 2.34. The van der Waals surface area contributed by atoms with E-state index in [-0.39, 0.29) is 6.04 Å². The summed E-state index contributed by atoms with van der Waals surface area (Å²) >= 11 is 0. The zero-order valence-electron chi connectivity index (χ0n) is 11.0. The normalized spacial score (nSPS) is 17.1. The highest BCUT2D eigenvalue weighted by molar-refractivity contribution is 6.67. The SMILES string of the molecule is CCO[Si](CC)(CCCN)OCCC(C)N. The van der Waals surface area contributed by atoms with Crippen LogP contribution in [0.1, 0.15) is 33.6 Å². The van der Waals surface area contributed by atoms with Crippen LogP contribution in [0.5, 0.6) is 0 Å². The molecule has 0 saturated carbocycles. The molecule has 2 unspecified atom stereocenters. The van der Waals surface area contributed by atoms with Crippen LogP contribution in [0.3, 0.4) is 0 Å². The van der Waals surface area contributed by atoms with E-state index in [9.17, 15) is 0 Å². The minimum absolute atomic E-state index is 0.194. The van der Waals surface area contributed by atoms with E-state index in [4.69, 9.17) is 20.3 Å². The van der Waals surface area contributed by atoms with Crippen molar-refractivity contribution in [2.45, 2.75) is 51.7 Å². The highest BCUT2D eigenvalue weighted by Crippen LogP contribution is 2.21. The van der Waals surface area contributed by atoms with Crippen LogP contribution in [0.15, 0.2) is 0 Å². The molecule has 0 aromatic carbocycles. The van der Waals surface area contributed by atoms with E-state index in [2.05, 4.69) is 6.92 Å². The van der Waals surface area contributed by atoms with Crippen LogP contribution in [0.2, 0.25) is 12.1 Å². The Morgan fingerprint density at radius 3 is 2.38 bits per heavy atom. The second-order valence-electron chi connectivity index (χ2n) is 4.20. The van der Waals surface area contributed by atoms with Gasteiger partial charge in [-0.3, -0.25) is 0 Å². The molecule has 0 aliphatic carbocycles. The van der Waals surface area contributed by atoms with Crippen molar-refractivity contribution in [3.05, 3.63) is 0 Å². The van der Waals surface area contributed by atoms with Crippen LogP contribution in [0.4, 0.5) is 0 Å². The molecule has 2 atom stereocenters. The Kier molecular flexibility index (Phi) is 9.16. The van der Waals surface area contributed by atoms with Gasteiger partial charge in [0.25, 0.3) is 0 Å². The molecule has 0 bridgehead atoms. The molecular weight excluding hydrogens is 220 g/mol. The van der Waals surface area contributed by atoms with Crippen LogP contribution in [-0.2, 0) is 8.85 Å². The molecule has 0 aromatic rings. The van der Waals surface area contributed by atoms with Gasteiger partial charge in [-0.2, -0.15) is 0 Å². The van der Waals surface area contributed by atoms with Crippen LogP contribution in [0.25, 0.3) is 0 Å². The van der Waals surface area contributed by atoms with Gasteiger partial charge in [0.05, 0.1) is 0 Å². The maximum absolute atomic E-state index is 6.01. The van der Waals surface area contributed by atoms with Gasteiger partial charge < -0.3 is 20.3 Å². The first-order valence-electron chi connectivity index (χ1n) is 6.33. The molecule has 0 aliphatic heterocycles. The lowest BCUT2D eigenvalue weighted by atomic mass is 10.3. The zero-order chi connectivity index (χ0) is 12.4. The summed E-state index contributed by atoms with van der Waals surface area (Å²) in [5, 5.41) is 0. The summed E-state index contributed by atoms with van der Waals surface area (Å²) in [4.78, 5) is 0. The summed E-state index contributed by atoms with van der Waals surface area (Å²) in [6.45, 7) is 8.31. The van der Waals surface area contributed by atoms with Crippen molar-refractivity contribution in [3.63, 3.8) is 0 Å².